The van der Waals surface area contributed by atoms with E-state index in [1.807, 2.05) is 44.2 Å². The van der Waals surface area contributed by atoms with Gasteiger partial charge in [0, 0.05) is 53.4 Å². The first-order valence-electron chi connectivity index (χ1n) is 17.6. The lowest BCUT2D eigenvalue weighted by Gasteiger charge is -2.19. The van der Waals surface area contributed by atoms with Crippen LogP contribution in [0.25, 0.3) is 21.8 Å². The number of aliphatic hydroxyl groups is 1. The number of rotatable bonds is 18. The number of anilines is 1. The predicted octanol–water partition coefficient (Wildman–Crippen LogP) is 2.45. The molecular formula is C32H42N7O15P3S. The van der Waals surface area contributed by atoms with Gasteiger partial charge in [0.1, 0.15) is 12.3 Å². The molecule has 58 heavy (non-hydrogen) atoms. The number of aliphatic hydroxyl groups excluding tert-OH is 1. The molecule has 26 heteroatoms. The maximum atomic E-state index is 12.7. The molecule has 4 aromatic rings. The second-order valence-corrected chi connectivity index (χ2v) is 18.1. The molecule has 1 aliphatic heterocycles. The zero-order valence-corrected chi connectivity index (χ0v) is 34.5. The van der Waals surface area contributed by atoms with Crippen LogP contribution in [0, 0.1) is 13.8 Å². The van der Waals surface area contributed by atoms with Crippen molar-refractivity contribution in [3.05, 3.63) is 74.3 Å². The summed E-state index contributed by atoms with van der Waals surface area (Å²) in [6, 6.07) is 9.89. The molecule has 9 N–H and O–H groups in total. The standard InChI is InChI=1S/C32H42N7O15P3S/c1-18-7-9-20-13-23(22-10-8-19(2)36-29(22)28(20)35-18)37-31(58)34-12-6-4-3-5-11-33-26(41)14-21-16-39(32(43)38-30(21)42)27-15-24(40)25(52-27)17-51-56(47,48)54-57(49,50)53-55(44,45)46/h7-10,13,16,24-25,27,40H,3-6,11-12,14-15,17H2,1-2H3,(H,33,41)(H,47,48)(H,49,50)(H2,34,37,58)(H,38,42,43)(H2,44,45,46)/t24-,25+,27+/m0/s1. The summed E-state index contributed by atoms with van der Waals surface area (Å²) >= 11 is 5.55. The maximum absolute atomic E-state index is 12.7. The van der Waals surface area contributed by atoms with Crippen LogP contribution in [0.1, 0.15) is 55.3 Å². The first kappa shape index (κ1) is 45.3. The van der Waals surface area contributed by atoms with Gasteiger partial charge in [-0.1, -0.05) is 18.9 Å². The Morgan fingerprint density at radius 3 is 2.29 bits per heavy atom. The van der Waals surface area contributed by atoms with Gasteiger partial charge in [0.05, 0.1) is 35.9 Å². The SMILES string of the molecule is Cc1ccc2cc(NC(=S)NCCCCCCNC(=O)Cc3cn([C@H]4C[C@H](O)[C@@H](COP(=O)(O)OP(=O)(O)OP(=O)(O)O)O4)c(=O)[nH]c3=O)c3ccc(C)nc3c2n1. The molecule has 0 saturated carbocycles. The molecule has 5 rings (SSSR count). The third kappa shape index (κ3) is 12.9. The number of fused-ring (bicyclic) bond motifs is 3. The highest BCUT2D eigenvalue weighted by Gasteiger charge is 2.43. The van der Waals surface area contributed by atoms with Gasteiger partial charge >= 0.3 is 29.2 Å². The number of amides is 1. The third-order valence-electron chi connectivity index (χ3n) is 8.60. The molecule has 1 fully saturated rings. The molecule has 0 spiro atoms. The number of aromatic nitrogens is 4. The summed E-state index contributed by atoms with van der Waals surface area (Å²) in [6.07, 6.45) is -0.620. The molecule has 0 radical (unpaired) electrons. The molecule has 1 saturated heterocycles. The fourth-order valence-electron chi connectivity index (χ4n) is 5.97. The number of phosphoric acid groups is 3. The third-order valence-corrected chi connectivity index (χ3v) is 12.6. The molecule has 0 aliphatic carbocycles. The summed E-state index contributed by atoms with van der Waals surface area (Å²) in [7, 11) is -16.9. The number of benzene rings is 1. The number of aromatic amines is 1. The van der Waals surface area contributed by atoms with Crippen LogP contribution in [0.15, 0.2) is 46.1 Å². The average molecular weight is 890 g/mol. The number of nitrogens with zero attached hydrogens (tertiary/aromatic N) is 3. The van der Waals surface area contributed by atoms with Crippen molar-refractivity contribution < 1.29 is 61.1 Å². The smallest absolute Gasteiger partial charge is 0.390 e. The normalized spacial score (nSPS) is 19.1. The van der Waals surface area contributed by atoms with Gasteiger partial charge in [-0.2, -0.15) is 8.62 Å². The van der Waals surface area contributed by atoms with Crippen molar-refractivity contribution >= 4 is 74.2 Å². The minimum Gasteiger partial charge on any atom is -0.390 e. The lowest BCUT2D eigenvalue weighted by atomic mass is 10.1. The van der Waals surface area contributed by atoms with E-state index < -0.39 is 72.1 Å². The number of thiocarbonyl (C=S) groups is 1. The molecule has 1 aromatic carbocycles. The second-order valence-electron chi connectivity index (χ2n) is 13.3. The van der Waals surface area contributed by atoms with E-state index in [1.165, 1.54) is 0 Å². The minimum absolute atomic E-state index is 0.0996. The highest BCUT2D eigenvalue weighted by atomic mass is 32.1. The van der Waals surface area contributed by atoms with E-state index in [4.69, 9.17) is 36.7 Å². The number of unbranched alkanes of at least 4 members (excludes halogenated alkanes) is 3. The predicted molar refractivity (Wildman–Crippen MR) is 212 cm³/mol. The molecular weight excluding hydrogens is 847 g/mol. The van der Waals surface area contributed by atoms with Crippen LogP contribution in [0.5, 0.6) is 0 Å². The van der Waals surface area contributed by atoms with Crippen LogP contribution >= 0.6 is 35.7 Å². The molecule has 1 amide bonds. The number of hydrogen-bond acceptors (Lipinski definition) is 14. The van der Waals surface area contributed by atoms with Crippen molar-refractivity contribution in [2.75, 3.05) is 25.0 Å². The lowest BCUT2D eigenvalue weighted by molar-refractivity contribution is -0.120. The zero-order chi connectivity index (χ0) is 42.4. The van der Waals surface area contributed by atoms with Crippen molar-refractivity contribution in [2.45, 2.75) is 70.8 Å². The van der Waals surface area contributed by atoms with Crippen LogP contribution in [-0.2, 0) is 42.8 Å². The number of phosphoric ester groups is 1. The lowest BCUT2D eigenvalue weighted by Crippen LogP contribution is -2.36. The Labute approximate surface area is 334 Å². The first-order valence-corrected chi connectivity index (χ1v) is 22.6. The molecule has 316 valence electrons. The molecule has 5 atom stereocenters. The summed E-state index contributed by atoms with van der Waals surface area (Å²) in [5.74, 6) is -0.493. The summed E-state index contributed by atoms with van der Waals surface area (Å²) in [5.41, 5.74) is 2.35. The van der Waals surface area contributed by atoms with Crippen molar-refractivity contribution in [1.82, 2.24) is 30.2 Å². The average Bonchev–Trinajstić information content (AvgIpc) is 3.48. The van der Waals surface area contributed by atoms with Gasteiger partial charge in [-0.25, -0.2) is 18.5 Å². The Bertz CT molecular complexity index is 2450. The highest BCUT2D eigenvalue weighted by molar-refractivity contribution is 7.80. The van der Waals surface area contributed by atoms with E-state index in [-0.39, 0.29) is 12.0 Å². The van der Waals surface area contributed by atoms with Gasteiger partial charge in [0.25, 0.3) is 5.56 Å². The molecule has 1 aliphatic rings. The number of carbonyl (C=O) groups is 1. The van der Waals surface area contributed by atoms with Crippen LogP contribution in [0.3, 0.4) is 0 Å². The summed E-state index contributed by atoms with van der Waals surface area (Å²) in [6.45, 7) is 3.86. The van der Waals surface area contributed by atoms with Crippen LogP contribution in [0.4, 0.5) is 5.69 Å². The summed E-state index contributed by atoms with van der Waals surface area (Å²) < 4.78 is 52.5. The highest BCUT2D eigenvalue weighted by Crippen LogP contribution is 2.66. The Balaban J connectivity index is 1.02. The topological polar surface area (TPSA) is 323 Å². The summed E-state index contributed by atoms with van der Waals surface area (Å²) in [5, 5.41) is 21.9. The Morgan fingerprint density at radius 1 is 0.948 bits per heavy atom. The number of pyridine rings is 2. The number of carbonyl (C=O) groups excluding carboxylic acids is 1. The Kier molecular flexibility index (Phi) is 14.9. The monoisotopic (exact) mass is 889 g/mol. The van der Waals surface area contributed by atoms with Crippen molar-refractivity contribution in [3.63, 3.8) is 0 Å². The molecule has 0 bridgehead atoms. The number of aryl methyl sites for hydroxylation is 2. The largest absolute Gasteiger partial charge is 0.490 e. The number of H-pyrrole nitrogens is 1. The van der Waals surface area contributed by atoms with Crippen molar-refractivity contribution in [3.8, 4) is 0 Å². The van der Waals surface area contributed by atoms with E-state index in [0.717, 1.165) is 68.9 Å². The first-order chi connectivity index (χ1) is 27.2. The summed E-state index contributed by atoms with van der Waals surface area (Å²) in [4.78, 5) is 85.4. The van der Waals surface area contributed by atoms with E-state index in [9.17, 15) is 43.0 Å². The maximum Gasteiger partial charge on any atom is 0.490 e. The van der Waals surface area contributed by atoms with Crippen molar-refractivity contribution in [1.29, 1.82) is 0 Å². The van der Waals surface area contributed by atoms with Gasteiger partial charge < -0.3 is 45.4 Å². The van der Waals surface area contributed by atoms with Gasteiger partial charge in [-0.3, -0.25) is 33.6 Å². The van der Waals surface area contributed by atoms with Crippen molar-refractivity contribution in [2.24, 2.45) is 0 Å². The van der Waals surface area contributed by atoms with Gasteiger partial charge in [0.15, 0.2) is 5.11 Å². The number of hydrogen-bond donors (Lipinski definition) is 9. The molecule has 4 heterocycles. The number of ether oxygens (including phenoxy) is 1. The van der Waals surface area contributed by atoms with Gasteiger partial charge in [-0.05, 0) is 63.2 Å². The van der Waals surface area contributed by atoms with Gasteiger partial charge in [0.2, 0.25) is 5.91 Å². The zero-order valence-electron chi connectivity index (χ0n) is 31.0. The van der Waals surface area contributed by atoms with Crippen LogP contribution < -0.4 is 27.2 Å². The van der Waals surface area contributed by atoms with E-state index in [2.05, 4.69) is 34.1 Å². The molecule has 2 unspecified atom stereocenters. The Morgan fingerprint density at radius 2 is 1.60 bits per heavy atom. The fraction of sp³-hybridized carbons (Fsp3) is 0.438. The van der Waals surface area contributed by atoms with E-state index >= 15 is 0 Å². The fourth-order valence-corrected chi connectivity index (χ4v) is 9.22. The Hall–Kier alpha value is -3.79. The minimum atomic E-state index is -5.77. The van der Waals surface area contributed by atoms with Crippen LogP contribution in [0.2, 0.25) is 0 Å². The van der Waals surface area contributed by atoms with Crippen LogP contribution in [-0.4, -0.2) is 87.1 Å². The molecule has 22 nitrogen and oxygen atoms in total. The number of nitrogens with one attached hydrogen (secondary N) is 4. The van der Waals surface area contributed by atoms with E-state index in [1.54, 1.807) is 0 Å². The second kappa shape index (κ2) is 19.1. The van der Waals surface area contributed by atoms with Gasteiger partial charge in [-0.15, -0.1) is 0 Å². The van der Waals surface area contributed by atoms with E-state index in [0.29, 0.717) is 24.6 Å². The quantitative estimate of drug-likeness (QED) is 0.0300. The molecule has 3 aromatic heterocycles.